The molecule has 2 aliphatic heterocycles. The van der Waals surface area contributed by atoms with Crippen LogP contribution in [-0.4, -0.2) is 60.1 Å². The van der Waals surface area contributed by atoms with Crippen molar-refractivity contribution in [2.24, 2.45) is 0 Å². The maximum absolute atomic E-state index is 13.1. The number of para-hydroxylation sites is 1. The zero-order chi connectivity index (χ0) is 20.3. The van der Waals surface area contributed by atoms with Crippen molar-refractivity contribution in [1.82, 2.24) is 14.8 Å². The molecule has 1 N–H and O–H groups in total. The lowest BCUT2D eigenvalue weighted by Crippen LogP contribution is -2.35. The number of morpholine rings is 1. The Hall–Kier alpha value is -2.83. The Kier molecular flexibility index (Phi) is 5.43. The first-order chi connectivity index (χ1) is 14.8. The van der Waals surface area contributed by atoms with Crippen molar-refractivity contribution >= 4 is 16.8 Å². The number of hydrogen-bond donors (Lipinski definition) is 1. The lowest BCUT2D eigenvalue weighted by molar-refractivity contribution is -0.131. The first-order valence-corrected chi connectivity index (χ1v) is 10.6. The average molecular weight is 405 g/mol. The number of carbonyl (C=O) groups excluding carboxylic acids is 1. The van der Waals surface area contributed by atoms with Crippen LogP contribution in [0.4, 0.5) is 0 Å². The van der Waals surface area contributed by atoms with Gasteiger partial charge in [-0.05, 0) is 29.3 Å². The number of nitrogens with zero attached hydrogens (tertiary/aromatic N) is 2. The summed E-state index contributed by atoms with van der Waals surface area (Å²) in [6.07, 6.45) is 2.35. The monoisotopic (exact) mass is 405 g/mol. The molecule has 0 spiro atoms. The van der Waals surface area contributed by atoms with Gasteiger partial charge in [0.15, 0.2) is 0 Å². The highest BCUT2D eigenvalue weighted by molar-refractivity contribution is 5.88. The summed E-state index contributed by atoms with van der Waals surface area (Å²) in [5, 5.41) is 1.12. The molecule has 6 heteroatoms. The second kappa shape index (κ2) is 8.50. The minimum atomic E-state index is 0.134. The Morgan fingerprint density at radius 3 is 2.80 bits per heavy atom. The van der Waals surface area contributed by atoms with Crippen LogP contribution in [0.15, 0.2) is 48.7 Å². The summed E-state index contributed by atoms with van der Waals surface area (Å²) in [6, 6.07) is 14.5. The minimum absolute atomic E-state index is 0.134. The largest absolute Gasteiger partial charge is 0.491 e. The third kappa shape index (κ3) is 4.06. The van der Waals surface area contributed by atoms with Gasteiger partial charge in [0.25, 0.3) is 0 Å². The molecule has 3 aromatic rings. The van der Waals surface area contributed by atoms with Crippen LogP contribution in [0, 0.1) is 0 Å². The van der Waals surface area contributed by atoms with Gasteiger partial charge in [0.05, 0.1) is 26.2 Å². The quantitative estimate of drug-likeness (QED) is 0.725. The van der Waals surface area contributed by atoms with Crippen LogP contribution < -0.4 is 4.74 Å². The Bertz CT molecular complexity index is 1040. The van der Waals surface area contributed by atoms with E-state index in [2.05, 4.69) is 34.1 Å². The molecule has 0 bridgehead atoms. The SMILES string of the molecule is O=C(Cc1c[nH]c2ccccc12)N1CCOc2ccc(CN3CCOCC3)cc2C1. The summed E-state index contributed by atoms with van der Waals surface area (Å²) in [5.74, 6) is 1.03. The van der Waals surface area contributed by atoms with E-state index >= 15 is 0 Å². The van der Waals surface area contributed by atoms with E-state index in [-0.39, 0.29) is 5.91 Å². The number of benzene rings is 2. The standard InChI is InChI=1S/C24H27N3O3/c28-24(14-19-15-25-22-4-2-1-3-21(19)22)27-9-12-30-23-6-5-18(13-20(23)17-27)16-26-7-10-29-11-8-26/h1-6,13,15,25H,7-12,14,16-17H2. The van der Waals surface area contributed by atoms with Gasteiger partial charge in [-0.2, -0.15) is 0 Å². The molecule has 0 unspecified atom stereocenters. The molecule has 0 atom stereocenters. The first kappa shape index (κ1) is 19.2. The molecule has 1 aromatic heterocycles. The number of amides is 1. The highest BCUT2D eigenvalue weighted by Crippen LogP contribution is 2.26. The highest BCUT2D eigenvalue weighted by atomic mass is 16.5. The fraction of sp³-hybridized carbons (Fsp3) is 0.375. The summed E-state index contributed by atoms with van der Waals surface area (Å²) in [4.78, 5) is 20.7. The van der Waals surface area contributed by atoms with Crippen LogP contribution in [0.25, 0.3) is 10.9 Å². The van der Waals surface area contributed by atoms with E-state index in [0.29, 0.717) is 26.1 Å². The molecule has 2 aliphatic rings. The van der Waals surface area contributed by atoms with Crippen molar-refractivity contribution in [3.63, 3.8) is 0 Å². The second-order valence-electron chi connectivity index (χ2n) is 8.03. The zero-order valence-corrected chi connectivity index (χ0v) is 17.1. The lowest BCUT2D eigenvalue weighted by atomic mass is 10.1. The third-order valence-electron chi connectivity index (χ3n) is 5.98. The highest BCUT2D eigenvalue weighted by Gasteiger charge is 2.22. The number of nitrogens with one attached hydrogen (secondary N) is 1. The fourth-order valence-corrected chi connectivity index (χ4v) is 4.33. The van der Waals surface area contributed by atoms with Gasteiger partial charge < -0.3 is 19.4 Å². The lowest BCUT2D eigenvalue weighted by Gasteiger charge is -2.27. The van der Waals surface area contributed by atoms with Gasteiger partial charge in [-0.15, -0.1) is 0 Å². The molecule has 1 saturated heterocycles. The molecule has 1 amide bonds. The van der Waals surface area contributed by atoms with Crippen molar-refractivity contribution in [2.45, 2.75) is 19.5 Å². The van der Waals surface area contributed by atoms with Crippen LogP contribution in [0.3, 0.4) is 0 Å². The van der Waals surface area contributed by atoms with E-state index in [9.17, 15) is 4.79 Å². The summed E-state index contributed by atoms with van der Waals surface area (Å²) in [6.45, 7) is 6.14. The molecule has 0 aliphatic carbocycles. The van der Waals surface area contributed by atoms with E-state index in [0.717, 1.165) is 60.6 Å². The van der Waals surface area contributed by atoms with E-state index < -0.39 is 0 Å². The smallest absolute Gasteiger partial charge is 0.227 e. The number of aromatic nitrogens is 1. The molecule has 6 nitrogen and oxygen atoms in total. The van der Waals surface area contributed by atoms with Gasteiger partial charge in [0.1, 0.15) is 12.4 Å². The van der Waals surface area contributed by atoms with Crippen LogP contribution in [0.5, 0.6) is 5.75 Å². The fourth-order valence-electron chi connectivity index (χ4n) is 4.33. The van der Waals surface area contributed by atoms with Crippen molar-refractivity contribution in [3.8, 4) is 5.75 Å². The number of rotatable bonds is 4. The maximum atomic E-state index is 13.1. The normalized spacial score (nSPS) is 17.4. The Morgan fingerprint density at radius 1 is 1.03 bits per heavy atom. The van der Waals surface area contributed by atoms with Gasteiger partial charge in [0.2, 0.25) is 5.91 Å². The van der Waals surface area contributed by atoms with Crippen molar-refractivity contribution in [1.29, 1.82) is 0 Å². The van der Waals surface area contributed by atoms with E-state index in [1.165, 1.54) is 5.56 Å². The number of H-pyrrole nitrogens is 1. The topological polar surface area (TPSA) is 57.8 Å². The Morgan fingerprint density at radius 2 is 1.90 bits per heavy atom. The molecular formula is C24H27N3O3. The van der Waals surface area contributed by atoms with E-state index in [1.54, 1.807) is 0 Å². The predicted molar refractivity (Wildman–Crippen MR) is 115 cm³/mol. The summed E-state index contributed by atoms with van der Waals surface area (Å²) >= 11 is 0. The Labute approximate surface area is 176 Å². The zero-order valence-electron chi connectivity index (χ0n) is 17.1. The Balaban J connectivity index is 1.30. The van der Waals surface area contributed by atoms with Gasteiger partial charge in [-0.3, -0.25) is 9.69 Å². The molecule has 156 valence electrons. The predicted octanol–water partition coefficient (Wildman–Crippen LogP) is 2.96. The molecule has 1 fully saturated rings. The van der Waals surface area contributed by atoms with Crippen molar-refractivity contribution in [2.75, 3.05) is 39.5 Å². The van der Waals surface area contributed by atoms with Crippen LogP contribution >= 0.6 is 0 Å². The van der Waals surface area contributed by atoms with Crippen LogP contribution in [-0.2, 0) is 29.0 Å². The molecule has 30 heavy (non-hydrogen) atoms. The molecule has 2 aromatic carbocycles. The number of fused-ring (bicyclic) bond motifs is 2. The maximum Gasteiger partial charge on any atom is 0.227 e. The minimum Gasteiger partial charge on any atom is -0.491 e. The van der Waals surface area contributed by atoms with Crippen molar-refractivity contribution in [3.05, 3.63) is 65.4 Å². The van der Waals surface area contributed by atoms with Crippen LogP contribution in [0.2, 0.25) is 0 Å². The number of ether oxygens (including phenoxy) is 2. The van der Waals surface area contributed by atoms with Gasteiger partial charge >= 0.3 is 0 Å². The first-order valence-electron chi connectivity index (χ1n) is 10.6. The van der Waals surface area contributed by atoms with E-state index in [1.807, 2.05) is 29.3 Å². The van der Waals surface area contributed by atoms with Gasteiger partial charge in [-0.25, -0.2) is 0 Å². The van der Waals surface area contributed by atoms with E-state index in [4.69, 9.17) is 9.47 Å². The molecule has 0 saturated carbocycles. The average Bonchev–Trinajstić information content (AvgIpc) is 3.05. The molecule has 3 heterocycles. The molecule has 0 radical (unpaired) electrons. The van der Waals surface area contributed by atoms with Gasteiger partial charge in [-0.1, -0.05) is 24.3 Å². The second-order valence-corrected chi connectivity index (χ2v) is 8.03. The molecule has 5 rings (SSSR count). The number of carbonyl (C=O) groups is 1. The number of hydrogen-bond acceptors (Lipinski definition) is 4. The third-order valence-corrected chi connectivity index (χ3v) is 5.98. The van der Waals surface area contributed by atoms with Gasteiger partial charge in [0, 0.05) is 48.8 Å². The summed E-state index contributed by atoms with van der Waals surface area (Å²) in [7, 11) is 0. The van der Waals surface area contributed by atoms with Crippen molar-refractivity contribution < 1.29 is 14.3 Å². The molecular weight excluding hydrogens is 378 g/mol. The van der Waals surface area contributed by atoms with Crippen LogP contribution in [0.1, 0.15) is 16.7 Å². The number of aromatic amines is 1. The summed E-state index contributed by atoms with van der Waals surface area (Å²) in [5.41, 5.74) is 4.45. The summed E-state index contributed by atoms with van der Waals surface area (Å²) < 4.78 is 11.4.